The van der Waals surface area contributed by atoms with Crippen LogP contribution in [-0.2, 0) is 13.2 Å². The van der Waals surface area contributed by atoms with E-state index >= 15 is 0 Å². The summed E-state index contributed by atoms with van der Waals surface area (Å²) >= 11 is 0. The minimum absolute atomic E-state index is 0.109. The molecule has 3 heterocycles. The molecule has 0 aliphatic rings. The fourth-order valence-electron chi connectivity index (χ4n) is 3.86. The monoisotopic (exact) mass is 474 g/mol. The normalized spacial score (nSPS) is 11.7. The van der Waals surface area contributed by atoms with Crippen LogP contribution in [0.1, 0.15) is 16.8 Å². The van der Waals surface area contributed by atoms with Gasteiger partial charge in [-0.05, 0) is 38.1 Å². The van der Waals surface area contributed by atoms with Gasteiger partial charge in [0, 0.05) is 29.9 Å². The molecule has 2 aromatic carbocycles. The summed E-state index contributed by atoms with van der Waals surface area (Å²) in [6.07, 6.45) is -1.59. The fourth-order valence-corrected chi connectivity index (χ4v) is 3.86. The average molecular weight is 474 g/mol. The molecule has 0 atom stereocenters. The van der Waals surface area contributed by atoms with Gasteiger partial charge in [0.15, 0.2) is 5.69 Å². The largest absolute Gasteiger partial charge is 0.433 e. The highest BCUT2D eigenvalue weighted by Gasteiger charge is 2.34. The zero-order valence-corrected chi connectivity index (χ0v) is 19.2. The highest BCUT2D eigenvalue weighted by atomic mass is 19.4. The zero-order valence-electron chi connectivity index (χ0n) is 19.2. The fraction of sp³-hybridized carbons (Fsp3) is 0.154. The lowest BCUT2D eigenvalue weighted by Gasteiger charge is -2.12. The Hall–Kier alpha value is -4.27. The molecule has 0 fully saturated rings. The van der Waals surface area contributed by atoms with Crippen molar-refractivity contribution in [3.63, 3.8) is 0 Å². The van der Waals surface area contributed by atoms with Crippen molar-refractivity contribution in [2.24, 2.45) is 7.05 Å². The summed E-state index contributed by atoms with van der Waals surface area (Å²) in [7, 11) is 1.69. The Balaban J connectivity index is 1.76. The van der Waals surface area contributed by atoms with Crippen LogP contribution >= 0.6 is 0 Å². The molecular weight excluding hydrogens is 453 g/mol. The Morgan fingerprint density at radius 2 is 1.46 bits per heavy atom. The SMILES string of the molecule is Cc1cccc(-c2cc(-c3cccc(C)c3)n(-c3nc(-c4cnn(C)c4)cc(C(F)(F)F)n3)n2)c1. The predicted octanol–water partition coefficient (Wildman–Crippen LogP) is 6.03. The third kappa shape index (κ3) is 4.57. The van der Waals surface area contributed by atoms with E-state index in [0.717, 1.165) is 28.3 Å². The van der Waals surface area contributed by atoms with E-state index in [4.69, 9.17) is 0 Å². The number of hydrogen-bond donors (Lipinski definition) is 0. The molecule has 0 aliphatic heterocycles. The van der Waals surface area contributed by atoms with E-state index in [1.165, 1.54) is 15.6 Å². The molecule has 35 heavy (non-hydrogen) atoms. The van der Waals surface area contributed by atoms with Crippen LogP contribution in [-0.4, -0.2) is 29.5 Å². The molecule has 6 nitrogen and oxygen atoms in total. The third-order valence-electron chi connectivity index (χ3n) is 5.53. The van der Waals surface area contributed by atoms with Gasteiger partial charge in [0.05, 0.1) is 23.3 Å². The van der Waals surface area contributed by atoms with Crippen LogP contribution < -0.4 is 0 Å². The maximum atomic E-state index is 13.8. The first-order valence-corrected chi connectivity index (χ1v) is 10.9. The lowest BCUT2D eigenvalue weighted by atomic mass is 10.1. The number of nitrogens with zero attached hydrogens (tertiary/aromatic N) is 6. The van der Waals surface area contributed by atoms with E-state index in [1.54, 1.807) is 13.2 Å². The molecule has 0 aliphatic carbocycles. The van der Waals surface area contributed by atoms with Crippen LogP contribution in [0.25, 0.3) is 39.7 Å². The molecule has 0 saturated heterocycles. The number of rotatable bonds is 4. The van der Waals surface area contributed by atoms with Crippen molar-refractivity contribution in [3.05, 3.63) is 89.9 Å². The highest BCUT2D eigenvalue weighted by Crippen LogP contribution is 2.33. The summed E-state index contributed by atoms with van der Waals surface area (Å²) in [6.45, 7) is 3.92. The molecule has 0 unspecified atom stereocenters. The van der Waals surface area contributed by atoms with Gasteiger partial charge < -0.3 is 0 Å². The maximum absolute atomic E-state index is 13.8. The smallest absolute Gasteiger partial charge is 0.275 e. The zero-order chi connectivity index (χ0) is 24.7. The van der Waals surface area contributed by atoms with Gasteiger partial charge >= 0.3 is 6.18 Å². The number of aryl methyl sites for hydroxylation is 3. The number of halogens is 3. The van der Waals surface area contributed by atoms with Gasteiger partial charge in [-0.25, -0.2) is 9.97 Å². The number of aromatic nitrogens is 6. The molecule has 0 bridgehead atoms. The highest BCUT2D eigenvalue weighted by molar-refractivity contribution is 5.71. The van der Waals surface area contributed by atoms with Gasteiger partial charge in [0.1, 0.15) is 0 Å². The molecular formula is C26H21F3N6. The van der Waals surface area contributed by atoms with Crippen molar-refractivity contribution in [2.75, 3.05) is 0 Å². The summed E-state index contributed by atoms with van der Waals surface area (Å²) in [5.74, 6) is -0.172. The minimum atomic E-state index is -4.66. The van der Waals surface area contributed by atoms with Crippen LogP contribution in [0.5, 0.6) is 0 Å². The van der Waals surface area contributed by atoms with Crippen molar-refractivity contribution in [2.45, 2.75) is 20.0 Å². The summed E-state index contributed by atoms with van der Waals surface area (Å²) in [5, 5.41) is 8.73. The molecule has 3 aromatic heterocycles. The van der Waals surface area contributed by atoms with Gasteiger partial charge in [-0.3, -0.25) is 4.68 Å². The Kier molecular flexibility index (Phi) is 5.47. The first kappa shape index (κ1) is 22.5. The Labute approximate surface area is 199 Å². The maximum Gasteiger partial charge on any atom is 0.433 e. The van der Waals surface area contributed by atoms with Gasteiger partial charge in [-0.15, -0.1) is 0 Å². The number of hydrogen-bond acceptors (Lipinski definition) is 4. The molecule has 0 radical (unpaired) electrons. The van der Waals surface area contributed by atoms with E-state index in [2.05, 4.69) is 20.2 Å². The van der Waals surface area contributed by atoms with Gasteiger partial charge in [-0.1, -0.05) is 47.5 Å². The minimum Gasteiger partial charge on any atom is -0.275 e. The van der Waals surface area contributed by atoms with Gasteiger partial charge in [0.25, 0.3) is 5.95 Å². The van der Waals surface area contributed by atoms with Crippen LogP contribution in [0.3, 0.4) is 0 Å². The van der Waals surface area contributed by atoms with Crippen LogP contribution in [0.4, 0.5) is 13.2 Å². The lowest BCUT2D eigenvalue weighted by Crippen LogP contribution is -2.14. The van der Waals surface area contributed by atoms with Crippen molar-refractivity contribution in [3.8, 4) is 39.7 Å². The topological polar surface area (TPSA) is 61.4 Å². The van der Waals surface area contributed by atoms with E-state index < -0.39 is 11.9 Å². The molecule has 5 aromatic rings. The Morgan fingerprint density at radius 1 is 0.771 bits per heavy atom. The first-order chi connectivity index (χ1) is 16.7. The van der Waals surface area contributed by atoms with Gasteiger partial charge in [-0.2, -0.15) is 28.1 Å². The molecule has 9 heteroatoms. The van der Waals surface area contributed by atoms with Crippen molar-refractivity contribution in [1.82, 2.24) is 29.5 Å². The molecule has 5 rings (SSSR count). The Bertz CT molecular complexity index is 1530. The quantitative estimate of drug-likeness (QED) is 0.319. The molecule has 0 spiro atoms. The second-order valence-electron chi connectivity index (χ2n) is 8.40. The molecule has 0 saturated carbocycles. The third-order valence-corrected chi connectivity index (χ3v) is 5.53. The average Bonchev–Trinajstić information content (AvgIpc) is 3.45. The lowest BCUT2D eigenvalue weighted by molar-refractivity contribution is -0.141. The number of alkyl halides is 3. The van der Waals surface area contributed by atoms with E-state index in [1.807, 2.05) is 68.4 Å². The van der Waals surface area contributed by atoms with Crippen LogP contribution in [0.15, 0.2) is 73.1 Å². The van der Waals surface area contributed by atoms with Crippen molar-refractivity contribution < 1.29 is 13.2 Å². The van der Waals surface area contributed by atoms with Crippen LogP contribution in [0, 0.1) is 13.8 Å². The second-order valence-corrected chi connectivity index (χ2v) is 8.40. The summed E-state index contributed by atoms with van der Waals surface area (Å²) in [4.78, 5) is 8.35. The summed E-state index contributed by atoms with van der Waals surface area (Å²) in [6, 6.07) is 18.2. The predicted molar refractivity (Wildman–Crippen MR) is 127 cm³/mol. The van der Waals surface area contributed by atoms with Crippen molar-refractivity contribution >= 4 is 0 Å². The summed E-state index contributed by atoms with van der Waals surface area (Å²) in [5.41, 5.74) is 4.39. The standard InChI is InChI=1S/C26H21F3N6/c1-16-6-4-8-18(10-16)22-12-23(19-9-5-7-17(2)11-19)35(33-22)25-31-21(20-14-30-34(3)15-20)13-24(32-25)26(27,28)29/h4-15H,1-3H3. The number of benzene rings is 2. The second kappa shape index (κ2) is 8.50. The molecule has 0 N–H and O–H groups in total. The first-order valence-electron chi connectivity index (χ1n) is 10.9. The Morgan fingerprint density at radius 3 is 2.09 bits per heavy atom. The van der Waals surface area contributed by atoms with E-state index in [9.17, 15) is 13.2 Å². The van der Waals surface area contributed by atoms with Crippen molar-refractivity contribution in [1.29, 1.82) is 0 Å². The molecule has 0 amide bonds. The molecule has 176 valence electrons. The summed E-state index contributed by atoms with van der Waals surface area (Å²) < 4.78 is 44.4. The van der Waals surface area contributed by atoms with E-state index in [0.29, 0.717) is 17.0 Å². The van der Waals surface area contributed by atoms with Crippen LogP contribution in [0.2, 0.25) is 0 Å². The van der Waals surface area contributed by atoms with Gasteiger partial charge in [0.2, 0.25) is 0 Å². The van der Waals surface area contributed by atoms with E-state index in [-0.39, 0.29) is 11.6 Å².